The van der Waals surface area contributed by atoms with Gasteiger partial charge in [0.25, 0.3) is 0 Å². The van der Waals surface area contributed by atoms with Crippen molar-refractivity contribution in [1.29, 1.82) is 0 Å². The fourth-order valence-electron chi connectivity index (χ4n) is 2.46. The molecule has 1 aromatic rings. The number of carbonyl (C=O) groups excluding carboxylic acids is 2. The second kappa shape index (κ2) is 6.08. The normalized spacial score (nSPS) is 15.3. The molecule has 1 heterocycles. The number of hydrogen-bond donors (Lipinski definition) is 0. The number of halogens is 1. The van der Waals surface area contributed by atoms with Crippen LogP contribution in [0.5, 0.6) is 0 Å². The van der Waals surface area contributed by atoms with Crippen molar-refractivity contribution in [3.8, 4) is 0 Å². The summed E-state index contributed by atoms with van der Waals surface area (Å²) in [7, 11) is 0. The summed E-state index contributed by atoms with van der Waals surface area (Å²) in [5.41, 5.74) is 2.79. The van der Waals surface area contributed by atoms with Gasteiger partial charge in [0.2, 0.25) is 5.91 Å². The first kappa shape index (κ1) is 15.2. The summed E-state index contributed by atoms with van der Waals surface area (Å²) in [6, 6.07) is 5.68. The van der Waals surface area contributed by atoms with Gasteiger partial charge in [-0.3, -0.25) is 9.59 Å². The third kappa shape index (κ3) is 2.80. The summed E-state index contributed by atoms with van der Waals surface area (Å²) in [4.78, 5) is 26.0. The van der Waals surface area contributed by atoms with Gasteiger partial charge in [0.05, 0.1) is 4.83 Å². The Kier molecular flexibility index (Phi) is 4.63. The van der Waals surface area contributed by atoms with Crippen LogP contribution >= 0.6 is 15.9 Å². The Balaban J connectivity index is 2.27. The van der Waals surface area contributed by atoms with Crippen LogP contribution in [0.1, 0.15) is 43.1 Å². The Morgan fingerprint density at radius 3 is 2.65 bits per heavy atom. The molecule has 1 aliphatic heterocycles. The molecule has 0 radical (unpaired) electrons. The zero-order valence-corrected chi connectivity index (χ0v) is 13.7. The monoisotopic (exact) mass is 337 g/mol. The Hall–Kier alpha value is -1.16. The van der Waals surface area contributed by atoms with Gasteiger partial charge in [0, 0.05) is 23.7 Å². The molecule has 0 bridgehead atoms. The number of carbonyl (C=O) groups is 2. The summed E-state index contributed by atoms with van der Waals surface area (Å²) < 4.78 is 0. The lowest BCUT2D eigenvalue weighted by molar-refractivity contribution is -0.121. The summed E-state index contributed by atoms with van der Waals surface area (Å²) in [5, 5.41) is 0. The van der Waals surface area contributed by atoms with Crippen molar-refractivity contribution in [2.45, 2.75) is 38.4 Å². The average molecular weight is 338 g/mol. The minimum Gasteiger partial charge on any atom is -0.312 e. The van der Waals surface area contributed by atoms with E-state index in [1.165, 1.54) is 0 Å². The maximum absolute atomic E-state index is 12.2. The van der Waals surface area contributed by atoms with Crippen molar-refractivity contribution in [3.63, 3.8) is 0 Å². The maximum Gasteiger partial charge on any atom is 0.229 e. The number of hydrogen-bond acceptors (Lipinski definition) is 2. The average Bonchev–Trinajstić information content (AvgIpc) is 2.87. The molecule has 4 heteroatoms. The van der Waals surface area contributed by atoms with Crippen LogP contribution in [-0.4, -0.2) is 23.1 Å². The predicted octanol–water partition coefficient (Wildman–Crippen LogP) is 3.59. The molecule has 1 amide bonds. The van der Waals surface area contributed by atoms with Crippen molar-refractivity contribution in [3.05, 3.63) is 29.3 Å². The summed E-state index contributed by atoms with van der Waals surface area (Å²) in [5.74, 6) is 0.257. The van der Waals surface area contributed by atoms with Crippen LogP contribution in [0.4, 0.5) is 5.69 Å². The SMILES string of the molecule is CCC(Br)C(=O)c1ccc2c(c1)CCN2C(=O)C(C)C. The van der Waals surface area contributed by atoms with Crippen LogP contribution in [0.15, 0.2) is 18.2 Å². The second-order valence-corrected chi connectivity index (χ2v) is 6.58. The lowest BCUT2D eigenvalue weighted by Gasteiger charge is -2.19. The highest BCUT2D eigenvalue weighted by Gasteiger charge is 2.27. The van der Waals surface area contributed by atoms with Crippen molar-refractivity contribution in [1.82, 2.24) is 0 Å². The van der Waals surface area contributed by atoms with Crippen LogP contribution in [0.2, 0.25) is 0 Å². The van der Waals surface area contributed by atoms with Gasteiger partial charge in [-0.2, -0.15) is 0 Å². The molecule has 1 unspecified atom stereocenters. The molecule has 0 fully saturated rings. The number of fused-ring (bicyclic) bond motifs is 1. The minimum absolute atomic E-state index is 0.00530. The van der Waals surface area contributed by atoms with E-state index >= 15 is 0 Å². The molecule has 20 heavy (non-hydrogen) atoms. The fourth-order valence-corrected chi connectivity index (χ4v) is 2.73. The van der Waals surface area contributed by atoms with Crippen LogP contribution in [-0.2, 0) is 11.2 Å². The van der Waals surface area contributed by atoms with Gasteiger partial charge in [0.15, 0.2) is 5.78 Å². The smallest absolute Gasteiger partial charge is 0.229 e. The van der Waals surface area contributed by atoms with Gasteiger partial charge in [0.1, 0.15) is 0 Å². The van der Waals surface area contributed by atoms with Crippen LogP contribution in [0.3, 0.4) is 0 Å². The lowest BCUT2D eigenvalue weighted by atomic mass is 10.0. The van der Waals surface area contributed by atoms with Crippen molar-refractivity contribution < 1.29 is 9.59 Å². The molecule has 2 rings (SSSR count). The van der Waals surface area contributed by atoms with Crippen LogP contribution < -0.4 is 4.90 Å². The summed E-state index contributed by atoms with van der Waals surface area (Å²) in [6.07, 6.45) is 1.60. The van der Waals surface area contributed by atoms with Crippen molar-refractivity contribution >= 4 is 33.3 Å². The molecule has 1 aromatic carbocycles. The number of ketones is 1. The molecule has 1 aliphatic rings. The van der Waals surface area contributed by atoms with E-state index in [9.17, 15) is 9.59 Å². The standard InChI is InChI=1S/C16H20BrNO2/c1-4-13(17)15(19)12-5-6-14-11(9-12)7-8-18(14)16(20)10(2)3/h5-6,9-10,13H,4,7-8H2,1-3H3. The molecule has 0 aliphatic carbocycles. The number of alkyl halides is 1. The Labute approximate surface area is 128 Å². The minimum atomic E-state index is -0.129. The quantitative estimate of drug-likeness (QED) is 0.622. The summed E-state index contributed by atoms with van der Waals surface area (Å²) in [6.45, 7) is 6.52. The zero-order valence-electron chi connectivity index (χ0n) is 12.1. The number of anilines is 1. The largest absolute Gasteiger partial charge is 0.312 e. The van der Waals surface area contributed by atoms with E-state index in [1.54, 1.807) is 0 Å². The fraction of sp³-hybridized carbons (Fsp3) is 0.500. The molecule has 0 saturated carbocycles. The molecule has 0 N–H and O–H groups in total. The van der Waals surface area contributed by atoms with E-state index in [4.69, 9.17) is 0 Å². The Morgan fingerprint density at radius 1 is 1.35 bits per heavy atom. The van der Waals surface area contributed by atoms with E-state index in [0.29, 0.717) is 0 Å². The molecule has 0 spiro atoms. The third-order valence-corrected chi connectivity index (χ3v) is 4.73. The molecule has 108 valence electrons. The first-order valence-corrected chi connectivity index (χ1v) is 7.99. The van der Waals surface area contributed by atoms with Gasteiger partial charge < -0.3 is 4.90 Å². The van der Waals surface area contributed by atoms with Gasteiger partial charge in [-0.25, -0.2) is 0 Å². The highest BCUT2D eigenvalue weighted by atomic mass is 79.9. The second-order valence-electron chi connectivity index (χ2n) is 5.48. The number of benzene rings is 1. The topological polar surface area (TPSA) is 37.4 Å². The van der Waals surface area contributed by atoms with E-state index in [-0.39, 0.29) is 22.4 Å². The number of nitrogens with zero attached hydrogens (tertiary/aromatic N) is 1. The number of amides is 1. The summed E-state index contributed by atoms with van der Waals surface area (Å²) >= 11 is 3.40. The van der Waals surface area contributed by atoms with E-state index in [1.807, 2.05) is 43.9 Å². The van der Waals surface area contributed by atoms with Crippen LogP contribution in [0, 0.1) is 5.92 Å². The van der Waals surface area contributed by atoms with Gasteiger partial charge in [-0.15, -0.1) is 0 Å². The Morgan fingerprint density at radius 2 is 2.05 bits per heavy atom. The predicted molar refractivity (Wildman–Crippen MR) is 84.7 cm³/mol. The van der Waals surface area contributed by atoms with Crippen LogP contribution in [0.25, 0.3) is 0 Å². The van der Waals surface area contributed by atoms with Gasteiger partial charge in [-0.1, -0.05) is 36.7 Å². The Bertz CT molecular complexity index is 539. The molecule has 0 aromatic heterocycles. The molecule has 0 saturated heterocycles. The third-order valence-electron chi connectivity index (χ3n) is 3.66. The molecular formula is C16H20BrNO2. The highest BCUT2D eigenvalue weighted by Crippen LogP contribution is 2.30. The van der Waals surface area contributed by atoms with E-state index < -0.39 is 0 Å². The molecule has 1 atom stereocenters. The van der Waals surface area contributed by atoms with E-state index in [2.05, 4.69) is 15.9 Å². The lowest BCUT2D eigenvalue weighted by Crippen LogP contribution is -2.32. The molecular weight excluding hydrogens is 318 g/mol. The first-order chi connectivity index (χ1) is 9.45. The zero-order chi connectivity index (χ0) is 14.9. The van der Waals surface area contributed by atoms with E-state index in [0.717, 1.165) is 36.2 Å². The van der Waals surface area contributed by atoms with Gasteiger partial charge in [-0.05, 0) is 36.6 Å². The number of Topliss-reactive ketones (excluding diaryl/α,β-unsaturated/α-hetero) is 1. The van der Waals surface area contributed by atoms with Crippen molar-refractivity contribution in [2.24, 2.45) is 5.92 Å². The number of rotatable bonds is 4. The maximum atomic E-state index is 12.2. The highest BCUT2D eigenvalue weighted by molar-refractivity contribution is 9.10. The van der Waals surface area contributed by atoms with Gasteiger partial charge >= 0.3 is 0 Å². The van der Waals surface area contributed by atoms with Crippen molar-refractivity contribution in [2.75, 3.05) is 11.4 Å². The molecule has 3 nitrogen and oxygen atoms in total. The first-order valence-electron chi connectivity index (χ1n) is 7.08.